The first-order valence-corrected chi connectivity index (χ1v) is 6.39. The number of aliphatic hydroxyl groups excluding tert-OH is 1. The van der Waals surface area contributed by atoms with E-state index in [4.69, 9.17) is 0 Å². The van der Waals surface area contributed by atoms with Crippen LogP contribution in [0.15, 0.2) is 23.8 Å². The van der Waals surface area contributed by atoms with Gasteiger partial charge in [-0.2, -0.15) is 0 Å². The summed E-state index contributed by atoms with van der Waals surface area (Å²) in [4.78, 5) is 23.5. The molecule has 3 atom stereocenters. The van der Waals surface area contributed by atoms with Crippen LogP contribution in [0.4, 0.5) is 0 Å². The van der Waals surface area contributed by atoms with Crippen LogP contribution in [-0.2, 0) is 9.59 Å². The van der Waals surface area contributed by atoms with Gasteiger partial charge in [0.05, 0.1) is 0 Å². The van der Waals surface area contributed by atoms with Gasteiger partial charge in [0.2, 0.25) is 0 Å². The third kappa shape index (κ3) is 3.64. The van der Waals surface area contributed by atoms with E-state index in [2.05, 4.69) is 6.58 Å². The molecule has 3 nitrogen and oxygen atoms in total. The molecule has 1 saturated carbocycles. The van der Waals surface area contributed by atoms with Gasteiger partial charge in [0.1, 0.15) is 11.9 Å². The molecule has 0 radical (unpaired) electrons. The minimum Gasteiger partial charge on any atom is -0.381 e. The molecule has 0 amide bonds. The van der Waals surface area contributed by atoms with Crippen molar-refractivity contribution in [2.75, 3.05) is 0 Å². The Morgan fingerprint density at radius 3 is 2.61 bits per heavy atom. The number of carbonyl (C=O) groups is 2. The zero-order valence-corrected chi connectivity index (χ0v) is 11.4. The molecule has 18 heavy (non-hydrogen) atoms. The molecule has 100 valence electrons. The van der Waals surface area contributed by atoms with Crippen molar-refractivity contribution in [3.8, 4) is 0 Å². The Morgan fingerprint density at radius 2 is 2.06 bits per heavy atom. The quantitative estimate of drug-likeness (QED) is 0.780. The van der Waals surface area contributed by atoms with Gasteiger partial charge in [0.15, 0.2) is 5.78 Å². The van der Waals surface area contributed by atoms with Crippen LogP contribution in [0, 0.1) is 11.8 Å². The zero-order chi connectivity index (χ0) is 13.9. The van der Waals surface area contributed by atoms with Crippen molar-refractivity contribution in [1.82, 2.24) is 0 Å². The fourth-order valence-corrected chi connectivity index (χ4v) is 2.37. The lowest BCUT2D eigenvalue weighted by Crippen LogP contribution is -2.33. The number of rotatable bonds is 4. The molecule has 1 aliphatic rings. The summed E-state index contributed by atoms with van der Waals surface area (Å²) in [5.41, 5.74) is 1.86. The summed E-state index contributed by atoms with van der Waals surface area (Å²) < 4.78 is 0. The minimum atomic E-state index is -1.07. The fourth-order valence-electron chi connectivity index (χ4n) is 2.37. The van der Waals surface area contributed by atoms with Gasteiger partial charge in [0.25, 0.3) is 0 Å². The van der Waals surface area contributed by atoms with Crippen LogP contribution in [0.5, 0.6) is 0 Å². The average Bonchev–Trinajstić information content (AvgIpc) is 2.29. The van der Waals surface area contributed by atoms with Gasteiger partial charge in [-0.1, -0.05) is 30.7 Å². The third-order valence-electron chi connectivity index (χ3n) is 3.53. The Labute approximate surface area is 109 Å². The number of aliphatic hydroxyl groups is 1. The van der Waals surface area contributed by atoms with Crippen LogP contribution in [-0.4, -0.2) is 22.8 Å². The van der Waals surface area contributed by atoms with E-state index < -0.39 is 6.10 Å². The molecule has 0 heterocycles. The largest absolute Gasteiger partial charge is 0.381 e. The molecular formula is C15H22O3. The minimum absolute atomic E-state index is 0.112. The molecule has 0 bridgehead atoms. The van der Waals surface area contributed by atoms with Gasteiger partial charge in [-0.3, -0.25) is 9.59 Å². The second-order valence-corrected chi connectivity index (χ2v) is 5.39. The summed E-state index contributed by atoms with van der Waals surface area (Å²) in [5.74, 6) is -0.507. The van der Waals surface area contributed by atoms with E-state index in [-0.39, 0.29) is 23.4 Å². The fraction of sp³-hybridized carbons (Fsp3) is 0.600. The third-order valence-corrected chi connectivity index (χ3v) is 3.53. The molecule has 1 aliphatic carbocycles. The van der Waals surface area contributed by atoms with Crippen LogP contribution in [0.3, 0.4) is 0 Å². The standard InChI is InChI=1S/C15H22O3/c1-9(2)7-14(17)15(18)11(4)13-8-12(16)6-5-10(13)3/h7,11,13-14,17H,3,5-6,8H2,1-2,4H3/t11-,13-,14+/m1/s1. The predicted octanol–water partition coefficient (Wildman–Crippen LogP) is 2.44. The first-order valence-electron chi connectivity index (χ1n) is 6.39. The monoisotopic (exact) mass is 250 g/mol. The summed E-state index contributed by atoms with van der Waals surface area (Å²) in [7, 11) is 0. The Kier molecular flexibility index (Phi) is 5.03. The number of hydrogen-bond donors (Lipinski definition) is 1. The van der Waals surface area contributed by atoms with Crippen molar-refractivity contribution in [3.63, 3.8) is 0 Å². The Balaban J connectivity index is 2.76. The molecule has 0 aromatic rings. The number of hydrogen-bond acceptors (Lipinski definition) is 3. The van der Waals surface area contributed by atoms with Crippen molar-refractivity contribution in [2.45, 2.75) is 46.1 Å². The SMILES string of the molecule is C=C1CCC(=O)C[C@H]1[C@@H](C)C(=O)[C@@H](O)C=C(C)C. The number of allylic oxidation sites excluding steroid dienone is 2. The highest BCUT2D eigenvalue weighted by atomic mass is 16.3. The molecular weight excluding hydrogens is 228 g/mol. The highest BCUT2D eigenvalue weighted by molar-refractivity contribution is 5.89. The lowest BCUT2D eigenvalue weighted by atomic mass is 9.75. The molecule has 0 aromatic carbocycles. The normalized spacial score (nSPS) is 23.4. The Hall–Kier alpha value is -1.22. The van der Waals surface area contributed by atoms with Gasteiger partial charge in [-0.05, 0) is 26.2 Å². The summed E-state index contributed by atoms with van der Waals surface area (Å²) in [5, 5.41) is 9.80. The molecule has 0 spiro atoms. The first-order chi connectivity index (χ1) is 8.32. The molecule has 1 rings (SSSR count). The van der Waals surface area contributed by atoms with Gasteiger partial charge < -0.3 is 5.11 Å². The molecule has 1 fully saturated rings. The van der Waals surface area contributed by atoms with Crippen molar-refractivity contribution < 1.29 is 14.7 Å². The maximum absolute atomic E-state index is 12.1. The molecule has 0 unspecified atom stereocenters. The smallest absolute Gasteiger partial charge is 0.168 e. The second-order valence-electron chi connectivity index (χ2n) is 5.39. The molecule has 1 N–H and O–H groups in total. The van der Waals surface area contributed by atoms with Crippen LogP contribution in [0.25, 0.3) is 0 Å². The van der Waals surface area contributed by atoms with Crippen LogP contribution in [0.1, 0.15) is 40.0 Å². The summed E-state index contributed by atoms with van der Waals surface area (Å²) in [6.07, 6.45) is 2.06. The highest BCUT2D eigenvalue weighted by Crippen LogP contribution is 2.33. The van der Waals surface area contributed by atoms with Crippen LogP contribution < -0.4 is 0 Å². The van der Waals surface area contributed by atoms with Crippen molar-refractivity contribution in [1.29, 1.82) is 0 Å². The summed E-state index contributed by atoms with van der Waals surface area (Å²) in [6.45, 7) is 9.40. The second kappa shape index (κ2) is 6.10. The van der Waals surface area contributed by atoms with Crippen molar-refractivity contribution in [2.24, 2.45) is 11.8 Å². The van der Waals surface area contributed by atoms with Gasteiger partial charge in [-0.25, -0.2) is 0 Å². The average molecular weight is 250 g/mol. The van der Waals surface area contributed by atoms with E-state index in [1.54, 1.807) is 13.0 Å². The van der Waals surface area contributed by atoms with Crippen LogP contribution >= 0.6 is 0 Å². The molecule has 3 heteroatoms. The topological polar surface area (TPSA) is 54.4 Å². The Morgan fingerprint density at radius 1 is 1.44 bits per heavy atom. The highest BCUT2D eigenvalue weighted by Gasteiger charge is 2.33. The van der Waals surface area contributed by atoms with E-state index in [0.29, 0.717) is 19.3 Å². The zero-order valence-electron chi connectivity index (χ0n) is 11.4. The number of Topliss-reactive ketones (excluding diaryl/α,β-unsaturated/α-hetero) is 2. The maximum Gasteiger partial charge on any atom is 0.168 e. The van der Waals surface area contributed by atoms with Crippen molar-refractivity contribution >= 4 is 11.6 Å². The van der Waals surface area contributed by atoms with Gasteiger partial charge >= 0.3 is 0 Å². The Bertz CT molecular complexity index is 389. The van der Waals surface area contributed by atoms with E-state index in [1.165, 1.54) is 0 Å². The van der Waals surface area contributed by atoms with E-state index in [1.807, 2.05) is 13.8 Å². The summed E-state index contributed by atoms with van der Waals surface area (Å²) >= 11 is 0. The molecule has 0 aromatic heterocycles. The number of ketones is 2. The first kappa shape index (κ1) is 14.8. The van der Waals surface area contributed by atoms with E-state index in [9.17, 15) is 14.7 Å². The molecule has 0 aliphatic heterocycles. The number of carbonyl (C=O) groups excluding carboxylic acids is 2. The van der Waals surface area contributed by atoms with Gasteiger partial charge in [0, 0.05) is 18.8 Å². The predicted molar refractivity (Wildman–Crippen MR) is 71.1 cm³/mol. The summed E-state index contributed by atoms with van der Waals surface area (Å²) in [6, 6.07) is 0. The maximum atomic E-state index is 12.1. The van der Waals surface area contributed by atoms with Crippen LogP contribution in [0.2, 0.25) is 0 Å². The van der Waals surface area contributed by atoms with E-state index >= 15 is 0 Å². The van der Waals surface area contributed by atoms with Gasteiger partial charge in [-0.15, -0.1) is 0 Å². The molecule has 0 saturated heterocycles. The van der Waals surface area contributed by atoms with E-state index in [0.717, 1.165) is 11.1 Å². The van der Waals surface area contributed by atoms with Crippen molar-refractivity contribution in [3.05, 3.63) is 23.8 Å². The lowest BCUT2D eigenvalue weighted by Gasteiger charge is -2.29. The lowest BCUT2D eigenvalue weighted by molar-refractivity contribution is -0.130.